The number of ketones is 2. The molecule has 1 aromatic heterocycles. The molecule has 0 radical (unpaired) electrons. The van der Waals surface area contributed by atoms with Gasteiger partial charge in [-0.05, 0) is 48.4 Å². The summed E-state index contributed by atoms with van der Waals surface area (Å²) in [6, 6.07) is 14.9. The monoisotopic (exact) mass is 444 g/mol. The zero-order valence-electron chi connectivity index (χ0n) is 18.6. The normalized spacial score (nSPS) is 17.8. The molecule has 3 aromatic rings. The third-order valence-electron chi connectivity index (χ3n) is 5.90. The SMILES string of the molecule is COc1ccc(C(=O)C2C(=O)C(=O)N(Cc3cccnc3)C2c2ccccc2OC)cc1C. The number of carbonyl (C=O) groups is 3. The van der Waals surface area contributed by atoms with E-state index in [-0.39, 0.29) is 6.54 Å². The van der Waals surface area contributed by atoms with Crippen LogP contribution in [-0.4, -0.2) is 41.6 Å². The Kier molecular flexibility index (Phi) is 6.22. The van der Waals surface area contributed by atoms with Gasteiger partial charge in [0.15, 0.2) is 5.78 Å². The van der Waals surface area contributed by atoms with Crippen LogP contribution in [0.4, 0.5) is 0 Å². The smallest absolute Gasteiger partial charge is 0.291 e. The van der Waals surface area contributed by atoms with Crippen LogP contribution in [0.15, 0.2) is 67.0 Å². The third-order valence-corrected chi connectivity index (χ3v) is 5.90. The number of ether oxygens (including phenoxy) is 2. The first-order valence-corrected chi connectivity index (χ1v) is 10.5. The van der Waals surface area contributed by atoms with Gasteiger partial charge in [0.05, 0.1) is 20.3 Å². The minimum atomic E-state index is -1.20. The Hall–Kier alpha value is -4.00. The van der Waals surface area contributed by atoms with E-state index < -0.39 is 29.4 Å². The molecule has 1 aliphatic rings. The minimum Gasteiger partial charge on any atom is -0.496 e. The number of para-hydroxylation sites is 1. The van der Waals surface area contributed by atoms with Gasteiger partial charge in [-0.2, -0.15) is 0 Å². The number of hydrogen-bond donors (Lipinski definition) is 0. The second kappa shape index (κ2) is 9.24. The van der Waals surface area contributed by atoms with E-state index in [9.17, 15) is 14.4 Å². The fourth-order valence-electron chi connectivity index (χ4n) is 4.31. The zero-order chi connectivity index (χ0) is 23.5. The van der Waals surface area contributed by atoms with Crippen molar-refractivity contribution in [3.05, 3.63) is 89.2 Å². The summed E-state index contributed by atoms with van der Waals surface area (Å²) in [7, 11) is 3.07. The van der Waals surface area contributed by atoms with Crippen LogP contribution in [0, 0.1) is 12.8 Å². The Bertz CT molecular complexity index is 1210. The van der Waals surface area contributed by atoms with Crippen LogP contribution in [0.3, 0.4) is 0 Å². The molecular formula is C26H24N2O5. The molecule has 1 fully saturated rings. The first-order chi connectivity index (χ1) is 16.0. The summed E-state index contributed by atoms with van der Waals surface area (Å²) in [5.41, 5.74) is 2.47. The number of amides is 1. The molecule has 168 valence electrons. The summed E-state index contributed by atoms with van der Waals surface area (Å²) in [6.07, 6.45) is 3.27. The van der Waals surface area contributed by atoms with Crippen molar-refractivity contribution in [1.82, 2.24) is 9.88 Å². The highest BCUT2D eigenvalue weighted by atomic mass is 16.5. The highest BCUT2D eigenvalue weighted by molar-refractivity contribution is 6.44. The summed E-state index contributed by atoms with van der Waals surface area (Å²) in [4.78, 5) is 45.6. The fraction of sp³-hybridized carbons (Fsp3) is 0.231. The molecule has 1 saturated heterocycles. The molecule has 7 heteroatoms. The van der Waals surface area contributed by atoms with E-state index in [0.717, 1.165) is 11.1 Å². The molecule has 1 amide bonds. The number of methoxy groups -OCH3 is 2. The molecule has 7 nitrogen and oxygen atoms in total. The van der Waals surface area contributed by atoms with Crippen LogP contribution < -0.4 is 9.47 Å². The number of carbonyl (C=O) groups excluding carboxylic acids is 3. The molecule has 1 aliphatic heterocycles. The van der Waals surface area contributed by atoms with Gasteiger partial charge in [-0.15, -0.1) is 0 Å². The predicted octanol–water partition coefficient (Wildman–Crippen LogP) is 3.56. The van der Waals surface area contributed by atoms with Crippen LogP contribution in [-0.2, 0) is 16.1 Å². The van der Waals surface area contributed by atoms with Crippen molar-refractivity contribution in [2.24, 2.45) is 5.92 Å². The van der Waals surface area contributed by atoms with Crippen molar-refractivity contribution in [1.29, 1.82) is 0 Å². The number of Topliss-reactive ketones (excluding diaryl/α,β-unsaturated/α-hetero) is 2. The first kappa shape index (κ1) is 22.2. The van der Waals surface area contributed by atoms with E-state index in [1.54, 1.807) is 68.0 Å². The van der Waals surface area contributed by atoms with Gasteiger partial charge in [0.1, 0.15) is 17.4 Å². The van der Waals surface area contributed by atoms with Crippen molar-refractivity contribution in [3.8, 4) is 11.5 Å². The zero-order valence-corrected chi connectivity index (χ0v) is 18.6. The van der Waals surface area contributed by atoms with Crippen molar-refractivity contribution in [2.45, 2.75) is 19.5 Å². The van der Waals surface area contributed by atoms with Gasteiger partial charge in [-0.1, -0.05) is 24.3 Å². The molecule has 0 saturated carbocycles. The highest BCUT2D eigenvalue weighted by Crippen LogP contribution is 2.42. The lowest BCUT2D eigenvalue weighted by Crippen LogP contribution is -2.30. The van der Waals surface area contributed by atoms with Crippen LogP contribution >= 0.6 is 0 Å². The van der Waals surface area contributed by atoms with Gasteiger partial charge in [0, 0.05) is 30.1 Å². The van der Waals surface area contributed by atoms with Crippen LogP contribution in [0.1, 0.15) is 33.1 Å². The lowest BCUT2D eigenvalue weighted by Gasteiger charge is -2.28. The molecule has 33 heavy (non-hydrogen) atoms. The molecule has 0 N–H and O–H groups in total. The summed E-state index contributed by atoms with van der Waals surface area (Å²) in [6.45, 7) is 1.97. The molecule has 2 unspecified atom stereocenters. The average Bonchev–Trinajstić information content (AvgIpc) is 3.09. The maximum atomic E-state index is 13.6. The molecule has 0 aliphatic carbocycles. The van der Waals surface area contributed by atoms with E-state index in [2.05, 4.69) is 4.98 Å². The number of aromatic nitrogens is 1. The average molecular weight is 444 g/mol. The standard InChI is InChI=1S/C26H24N2O5/c1-16-13-18(10-11-20(16)32-2)24(29)22-23(19-8-4-5-9-21(19)33-3)28(26(31)25(22)30)15-17-7-6-12-27-14-17/h4-14,22-23H,15H2,1-3H3. The second-order valence-electron chi connectivity index (χ2n) is 7.87. The Balaban J connectivity index is 1.81. The quantitative estimate of drug-likeness (QED) is 0.315. The van der Waals surface area contributed by atoms with E-state index in [1.165, 1.54) is 12.0 Å². The highest BCUT2D eigenvalue weighted by Gasteiger charge is 2.52. The maximum absolute atomic E-state index is 13.6. The lowest BCUT2D eigenvalue weighted by molar-refractivity contribution is -0.141. The van der Waals surface area contributed by atoms with Crippen molar-refractivity contribution in [3.63, 3.8) is 0 Å². The van der Waals surface area contributed by atoms with Crippen LogP contribution in [0.25, 0.3) is 0 Å². The van der Waals surface area contributed by atoms with E-state index in [0.29, 0.717) is 22.6 Å². The van der Waals surface area contributed by atoms with Gasteiger partial charge < -0.3 is 14.4 Å². The summed E-state index contributed by atoms with van der Waals surface area (Å²) in [5.74, 6) is -1.89. The van der Waals surface area contributed by atoms with E-state index in [4.69, 9.17) is 9.47 Å². The number of rotatable bonds is 7. The molecule has 2 aromatic carbocycles. The largest absolute Gasteiger partial charge is 0.496 e. The van der Waals surface area contributed by atoms with Crippen molar-refractivity contribution in [2.75, 3.05) is 14.2 Å². The Labute approximate surface area is 192 Å². The van der Waals surface area contributed by atoms with Crippen molar-refractivity contribution >= 4 is 17.5 Å². The molecular weight excluding hydrogens is 420 g/mol. The first-order valence-electron chi connectivity index (χ1n) is 10.5. The van der Waals surface area contributed by atoms with Gasteiger partial charge in [0.2, 0.25) is 5.78 Å². The molecule has 4 rings (SSSR count). The van der Waals surface area contributed by atoms with Gasteiger partial charge in [0.25, 0.3) is 5.91 Å². The fourth-order valence-corrected chi connectivity index (χ4v) is 4.31. The minimum absolute atomic E-state index is 0.145. The molecule has 2 atom stereocenters. The van der Waals surface area contributed by atoms with Gasteiger partial charge >= 0.3 is 0 Å². The molecule has 0 spiro atoms. The van der Waals surface area contributed by atoms with Crippen LogP contribution in [0.2, 0.25) is 0 Å². The van der Waals surface area contributed by atoms with Gasteiger partial charge in [-0.3, -0.25) is 19.4 Å². The number of benzene rings is 2. The number of hydrogen-bond acceptors (Lipinski definition) is 6. The lowest BCUT2D eigenvalue weighted by atomic mass is 9.85. The summed E-state index contributed by atoms with van der Waals surface area (Å²) < 4.78 is 10.8. The Morgan fingerprint density at radius 1 is 1.00 bits per heavy atom. The second-order valence-corrected chi connectivity index (χ2v) is 7.87. The topological polar surface area (TPSA) is 85.8 Å². The number of aryl methyl sites for hydroxylation is 1. The molecule has 2 heterocycles. The van der Waals surface area contributed by atoms with E-state index >= 15 is 0 Å². The summed E-state index contributed by atoms with van der Waals surface area (Å²) in [5, 5.41) is 0. The van der Waals surface area contributed by atoms with Crippen molar-refractivity contribution < 1.29 is 23.9 Å². The number of nitrogens with zero attached hydrogens (tertiary/aromatic N) is 2. The number of pyridine rings is 1. The van der Waals surface area contributed by atoms with Crippen LogP contribution in [0.5, 0.6) is 11.5 Å². The third kappa shape index (κ3) is 4.09. The van der Waals surface area contributed by atoms with E-state index in [1.807, 2.05) is 13.0 Å². The Morgan fingerprint density at radius 3 is 2.42 bits per heavy atom. The Morgan fingerprint density at radius 2 is 1.76 bits per heavy atom. The number of likely N-dealkylation sites (tertiary alicyclic amines) is 1. The van der Waals surface area contributed by atoms with Gasteiger partial charge in [-0.25, -0.2) is 0 Å². The summed E-state index contributed by atoms with van der Waals surface area (Å²) >= 11 is 0. The molecule has 0 bridgehead atoms. The maximum Gasteiger partial charge on any atom is 0.291 e. The predicted molar refractivity (Wildman–Crippen MR) is 121 cm³/mol.